The molecule has 88 valence electrons. The maximum atomic E-state index is 9.20. The van der Waals surface area contributed by atoms with E-state index in [1.807, 2.05) is 49.4 Å². The number of nitrogens with zero attached hydrogens (tertiary/aromatic N) is 4. The van der Waals surface area contributed by atoms with Crippen molar-refractivity contribution in [3.8, 4) is 12.1 Å². The third kappa shape index (κ3) is 1.97. The fourth-order valence-corrected chi connectivity index (χ4v) is 2.08. The van der Waals surface area contributed by atoms with Crippen molar-refractivity contribution in [2.24, 2.45) is 0 Å². The lowest BCUT2D eigenvalue weighted by Crippen LogP contribution is -2.21. The van der Waals surface area contributed by atoms with Gasteiger partial charge in [0, 0.05) is 12.6 Å². The molecule has 0 saturated heterocycles. The molecule has 0 N–H and O–H groups in total. The van der Waals surface area contributed by atoms with Gasteiger partial charge in [0.15, 0.2) is 0 Å². The Morgan fingerprint density at radius 3 is 2.67 bits per heavy atom. The normalized spacial score (nSPS) is 17.3. The number of aromatic nitrogens is 1. The number of nitriles is 2. The molecule has 1 aromatic rings. The maximum absolute atomic E-state index is 9.20. The highest BCUT2D eigenvalue weighted by Gasteiger charge is 2.21. The highest BCUT2D eigenvalue weighted by molar-refractivity contribution is 5.45. The minimum atomic E-state index is -0.00936. The maximum Gasteiger partial charge on any atom is 0.147 e. The van der Waals surface area contributed by atoms with E-state index in [1.165, 1.54) is 0 Å². The zero-order valence-corrected chi connectivity index (χ0v) is 10.3. The lowest BCUT2D eigenvalue weighted by atomic mass is 9.96. The summed E-state index contributed by atoms with van der Waals surface area (Å²) in [7, 11) is 1.95. The molecule has 0 bridgehead atoms. The van der Waals surface area contributed by atoms with Crippen LogP contribution in [0.2, 0.25) is 0 Å². The molecule has 1 unspecified atom stereocenters. The Balaban J connectivity index is 2.58. The molecule has 0 spiro atoms. The summed E-state index contributed by atoms with van der Waals surface area (Å²) in [4.78, 5) is 6.08. The number of likely N-dealkylation sites (N-methyl/N-ethyl adjacent to an activating group) is 1. The van der Waals surface area contributed by atoms with Crippen molar-refractivity contribution in [3.63, 3.8) is 0 Å². The first-order chi connectivity index (χ1) is 8.67. The van der Waals surface area contributed by atoms with Crippen LogP contribution in [-0.2, 0) is 0 Å². The number of hydrogen-bond donors (Lipinski definition) is 0. The minimum absolute atomic E-state index is 0.00936. The van der Waals surface area contributed by atoms with Gasteiger partial charge in [-0.1, -0.05) is 12.2 Å². The number of allylic oxidation sites excluding steroid dienone is 2. The molecular weight excluding hydrogens is 224 g/mol. The van der Waals surface area contributed by atoms with E-state index in [0.29, 0.717) is 5.69 Å². The van der Waals surface area contributed by atoms with Crippen molar-refractivity contribution >= 4 is 0 Å². The highest BCUT2D eigenvalue weighted by Crippen LogP contribution is 2.29. The van der Waals surface area contributed by atoms with Crippen LogP contribution in [0.5, 0.6) is 0 Å². The van der Waals surface area contributed by atoms with Gasteiger partial charge >= 0.3 is 0 Å². The summed E-state index contributed by atoms with van der Waals surface area (Å²) < 4.78 is 0. The van der Waals surface area contributed by atoms with E-state index in [0.717, 1.165) is 11.1 Å². The molecule has 0 aromatic carbocycles. The molecule has 0 fully saturated rings. The fraction of sp³-hybridized carbons (Fsp3) is 0.214. The summed E-state index contributed by atoms with van der Waals surface area (Å²) in [5, 5.41) is 18.1. The lowest BCUT2D eigenvalue weighted by Gasteiger charge is -2.28. The summed E-state index contributed by atoms with van der Waals surface area (Å²) in [6.45, 7) is 1.90. The van der Waals surface area contributed by atoms with Crippen molar-refractivity contribution < 1.29 is 0 Å². The molecule has 4 heteroatoms. The van der Waals surface area contributed by atoms with Gasteiger partial charge in [0.05, 0.1) is 6.04 Å². The van der Waals surface area contributed by atoms with E-state index >= 15 is 0 Å². The average Bonchev–Trinajstić information content (AvgIpc) is 2.39. The minimum Gasteiger partial charge on any atom is -0.370 e. The first kappa shape index (κ1) is 11.9. The van der Waals surface area contributed by atoms with Gasteiger partial charge in [-0.25, -0.2) is 4.98 Å². The van der Waals surface area contributed by atoms with E-state index < -0.39 is 0 Å². The molecular formula is C14H12N4. The summed E-state index contributed by atoms with van der Waals surface area (Å²) in [6, 6.07) is 5.77. The Morgan fingerprint density at radius 2 is 2.06 bits per heavy atom. The molecule has 0 saturated carbocycles. The van der Waals surface area contributed by atoms with Crippen LogP contribution in [0, 0.1) is 29.6 Å². The van der Waals surface area contributed by atoms with E-state index in [1.54, 1.807) is 6.07 Å². The Hall–Kier alpha value is -2.59. The number of aryl methyl sites for hydroxylation is 1. The summed E-state index contributed by atoms with van der Waals surface area (Å²) in [5.41, 5.74) is 2.38. The summed E-state index contributed by atoms with van der Waals surface area (Å²) in [5.74, 6) is 0. The number of rotatable bonds is 1. The second-order valence-electron chi connectivity index (χ2n) is 4.15. The molecule has 2 rings (SSSR count). The second-order valence-corrected chi connectivity index (χ2v) is 4.15. The van der Waals surface area contributed by atoms with Gasteiger partial charge in [-0.3, -0.25) is 0 Å². The molecule has 0 radical (unpaired) electrons. The quantitative estimate of drug-likeness (QED) is 0.749. The second kappa shape index (κ2) is 4.73. The summed E-state index contributed by atoms with van der Waals surface area (Å²) >= 11 is 0. The fourth-order valence-electron chi connectivity index (χ4n) is 2.08. The van der Waals surface area contributed by atoms with Crippen molar-refractivity contribution in [3.05, 3.63) is 53.0 Å². The molecule has 1 aliphatic rings. The van der Waals surface area contributed by atoms with E-state index in [2.05, 4.69) is 11.1 Å². The third-order valence-electron chi connectivity index (χ3n) is 2.95. The van der Waals surface area contributed by atoms with Crippen LogP contribution in [0.25, 0.3) is 0 Å². The van der Waals surface area contributed by atoms with Crippen molar-refractivity contribution in [1.82, 2.24) is 9.88 Å². The van der Waals surface area contributed by atoms with Crippen molar-refractivity contribution in [2.45, 2.75) is 13.0 Å². The van der Waals surface area contributed by atoms with Gasteiger partial charge in [-0.2, -0.15) is 10.5 Å². The Labute approximate surface area is 106 Å². The Bertz CT molecular complexity index is 614. The van der Waals surface area contributed by atoms with Crippen LogP contribution in [0.1, 0.15) is 28.6 Å². The van der Waals surface area contributed by atoms with E-state index in [4.69, 9.17) is 5.26 Å². The predicted molar refractivity (Wildman–Crippen MR) is 67.2 cm³/mol. The molecule has 1 atom stereocenters. The smallest absolute Gasteiger partial charge is 0.147 e. The SMILES string of the molecule is Cc1cc(C#N)nc(C#N)c1C1C=CC=CN1C. The van der Waals surface area contributed by atoms with Crippen molar-refractivity contribution in [1.29, 1.82) is 10.5 Å². The molecule has 0 aliphatic carbocycles. The highest BCUT2D eigenvalue weighted by atomic mass is 15.1. The van der Waals surface area contributed by atoms with Gasteiger partial charge < -0.3 is 4.90 Å². The molecule has 4 nitrogen and oxygen atoms in total. The molecule has 1 aliphatic heterocycles. The van der Waals surface area contributed by atoms with Gasteiger partial charge in [0.2, 0.25) is 0 Å². The van der Waals surface area contributed by atoms with Crippen LogP contribution in [0.3, 0.4) is 0 Å². The zero-order chi connectivity index (χ0) is 13.1. The van der Waals surface area contributed by atoms with E-state index in [9.17, 15) is 5.26 Å². The van der Waals surface area contributed by atoms with Crippen LogP contribution in [0.4, 0.5) is 0 Å². The van der Waals surface area contributed by atoms with Crippen LogP contribution in [-0.4, -0.2) is 16.9 Å². The Kier molecular flexibility index (Phi) is 3.12. The van der Waals surface area contributed by atoms with Crippen molar-refractivity contribution in [2.75, 3.05) is 7.05 Å². The first-order valence-corrected chi connectivity index (χ1v) is 5.56. The Morgan fingerprint density at radius 1 is 1.28 bits per heavy atom. The number of hydrogen-bond acceptors (Lipinski definition) is 4. The molecule has 0 amide bonds. The predicted octanol–water partition coefficient (Wildman–Crippen LogP) is 2.19. The monoisotopic (exact) mass is 236 g/mol. The van der Waals surface area contributed by atoms with Gasteiger partial charge in [-0.15, -0.1) is 0 Å². The van der Waals surface area contributed by atoms with Crippen LogP contribution >= 0.6 is 0 Å². The first-order valence-electron chi connectivity index (χ1n) is 5.56. The van der Waals surface area contributed by atoms with E-state index in [-0.39, 0.29) is 11.7 Å². The number of pyridine rings is 1. The largest absolute Gasteiger partial charge is 0.370 e. The zero-order valence-electron chi connectivity index (χ0n) is 10.3. The van der Waals surface area contributed by atoms with Crippen LogP contribution < -0.4 is 0 Å². The topological polar surface area (TPSA) is 63.7 Å². The van der Waals surface area contributed by atoms with Gasteiger partial charge in [0.25, 0.3) is 0 Å². The molecule has 18 heavy (non-hydrogen) atoms. The summed E-state index contributed by atoms with van der Waals surface area (Å²) in [6.07, 6.45) is 7.85. The standard InChI is InChI=1S/C14H12N4/c1-10-7-11(8-15)17-12(9-16)14(10)13-5-3-4-6-18(13)2/h3-7,13H,1-2H3. The molecule has 1 aromatic heterocycles. The third-order valence-corrected chi connectivity index (χ3v) is 2.95. The molecule has 2 heterocycles. The average molecular weight is 236 g/mol. The lowest BCUT2D eigenvalue weighted by molar-refractivity contribution is 0.387. The van der Waals surface area contributed by atoms with Crippen LogP contribution in [0.15, 0.2) is 30.5 Å². The van der Waals surface area contributed by atoms with Gasteiger partial charge in [-0.05, 0) is 30.8 Å². The van der Waals surface area contributed by atoms with Gasteiger partial charge in [0.1, 0.15) is 23.5 Å².